The molecule has 1 aromatic heterocycles. The number of primary sulfonamides is 1. The molecule has 0 fully saturated rings. The number of nitrogens with zero attached hydrogens (tertiary/aromatic N) is 1. The topological polar surface area (TPSA) is 102 Å². The highest BCUT2D eigenvalue weighted by molar-refractivity contribution is 7.89. The zero-order chi connectivity index (χ0) is 19.0. The highest BCUT2D eigenvalue weighted by Gasteiger charge is 2.24. The summed E-state index contributed by atoms with van der Waals surface area (Å²) < 4.78 is 23.0. The molecule has 6 nitrogen and oxygen atoms in total. The minimum absolute atomic E-state index is 0.0232. The second-order valence-corrected chi connectivity index (χ2v) is 9.56. The van der Waals surface area contributed by atoms with E-state index >= 15 is 0 Å². The van der Waals surface area contributed by atoms with Crippen LogP contribution in [0.1, 0.15) is 59.7 Å². The summed E-state index contributed by atoms with van der Waals surface area (Å²) in [6.07, 6.45) is 0. The number of sulfonamides is 1. The molecule has 0 saturated carbocycles. The lowest BCUT2D eigenvalue weighted by Gasteiger charge is -2.15. The predicted molar refractivity (Wildman–Crippen MR) is 99.2 cm³/mol. The van der Waals surface area contributed by atoms with E-state index in [1.807, 2.05) is 27.7 Å². The van der Waals surface area contributed by atoms with Crippen LogP contribution in [-0.4, -0.2) is 19.3 Å². The van der Waals surface area contributed by atoms with Crippen LogP contribution in [0.3, 0.4) is 0 Å². The average Bonchev–Trinajstić information content (AvgIpc) is 2.88. The summed E-state index contributed by atoms with van der Waals surface area (Å²) in [4.78, 5) is 17.7. The number of aryl methyl sites for hydroxylation is 1. The first kappa shape index (κ1) is 19.6. The van der Waals surface area contributed by atoms with E-state index < -0.39 is 10.0 Å². The highest BCUT2D eigenvalue weighted by Crippen LogP contribution is 2.29. The maximum Gasteiger partial charge on any atom is 0.263 e. The van der Waals surface area contributed by atoms with Crippen molar-refractivity contribution in [1.29, 1.82) is 0 Å². The van der Waals surface area contributed by atoms with Gasteiger partial charge in [-0.3, -0.25) is 4.79 Å². The van der Waals surface area contributed by atoms with E-state index in [0.717, 1.165) is 5.01 Å². The molecule has 0 aliphatic carbocycles. The zero-order valence-corrected chi connectivity index (χ0v) is 16.6. The molecule has 0 bridgehead atoms. The van der Waals surface area contributed by atoms with Gasteiger partial charge in [-0.1, -0.05) is 32.9 Å². The van der Waals surface area contributed by atoms with Crippen LogP contribution >= 0.6 is 11.3 Å². The molecule has 1 atom stereocenters. The number of nitrogens with one attached hydrogen (secondary N) is 1. The molecule has 0 radical (unpaired) electrons. The molecule has 1 amide bonds. The Morgan fingerprint density at radius 1 is 1.32 bits per heavy atom. The Labute approximate surface area is 152 Å². The minimum Gasteiger partial charge on any atom is -0.345 e. The Kier molecular flexibility index (Phi) is 5.36. The summed E-state index contributed by atoms with van der Waals surface area (Å²) in [6.45, 7) is 9.76. The fraction of sp³-hybridized carbons (Fsp3) is 0.412. The summed E-state index contributed by atoms with van der Waals surface area (Å²) in [7, 11) is -3.78. The van der Waals surface area contributed by atoms with E-state index in [-0.39, 0.29) is 22.3 Å². The van der Waals surface area contributed by atoms with E-state index in [1.54, 1.807) is 19.1 Å². The summed E-state index contributed by atoms with van der Waals surface area (Å²) in [5.74, 6) is -0.223. The second-order valence-electron chi connectivity index (χ2n) is 7.00. The number of hydrogen-bond acceptors (Lipinski definition) is 5. The van der Waals surface area contributed by atoms with Gasteiger partial charge in [-0.05, 0) is 31.5 Å². The molecule has 25 heavy (non-hydrogen) atoms. The van der Waals surface area contributed by atoms with Gasteiger partial charge in [-0.25, -0.2) is 18.5 Å². The Balaban J connectivity index is 2.23. The molecule has 0 spiro atoms. The molecule has 1 heterocycles. The zero-order valence-electron chi connectivity index (χ0n) is 15.0. The molecule has 0 saturated heterocycles. The predicted octanol–water partition coefficient (Wildman–Crippen LogP) is 2.89. The number of amides is 1. The van der Waals surface area contributed by atoms with Gasteiger partial charge < -0.3 is 5.32 Å². The Morgan fingerprint density at radius 2 is 1.96 bits per heavy atom. The maximum absolute atomic E-state index is 12.6. The summed E-state index contributed by atoms with van der Waals surface area (Å²) in [6, 6.07) is 5.89. The third kappa shape index (κ3) is 4.65. The van der Waals surface area contributed by atoms with Crippen molar-refractivity contribution in [2.45, 2.75) is 51.0 Å². The van der Waals surface area contributed by atoms with Crippen LogP contribution in [0.25, 0.3) is 0 Å². The molecule has 3 N–H and O–H groups in total. The molecule has 1 aromatic carbocycles. The van der Waals surface area contributed by atoms with Crippen LogP contribution < -0.4 is 10.5 Å². The first-order valence-corrected chi connectivity index (χ1v) is 10.2. The maximum atomic E-state index is 12.6. The van der Waals surface area contributed by atoms with Crippen LogP contribution in [0, 0.1) is 6.92 Å². The quantitative estimate of drug-likeness (QED) is 0.850. The number of hydrogen-bond donors (Lipinski definition) is 2. The molecule has 136 valence electrons. The van der Waals surface area contributed by atoms with Gasteiger partial charge in [-0.15, -0.1) is 11.3 Å². The van der Waals surface area contributed by atoms with Gasteiger partial charge in [-0.2, -0.15) is 0 Å². The molecular formula is C17H23N3O3S2. The number of carbonyl (C=O) groups excluding carboxylic acids is 1. The molecule has 8 heteroatoms. The van der Waals surface area contributed by atoms with Crippen LogP contribution in [0.15, 0.2) is 29.2 Å². The van der Waals surface area contributed by atoms with Gasteiger partial charge >= 0.3 is 0 Å². The Morgan fingerprint density at radius 3 is 2.48 bits per heavy atom. The summed E-state index contributed by atoms with van der Waals surface area (Å²) in [5, 5.41) is 8.95. The first-order valence-electron chi connectivity index (χ1n) is 7.81. The van der Waals surface area contributed by atoms with E-state index in [1.165, 1.54) is 23.5 Å². The van der Waals surface area contributed by atoms with Crippen LogP contribution in [-0.2, 0) is 15.4 Å². The Bertz CT molecular complexity index is 896. The van der Waals surface area contributed by atoms with Crippen LogP contribution in [0.5, 0.6) is 0 Å². The lowest BCUT2D eigenvalue weighted by Crippen LogP contribution is -2.26. The monoisotopic (exact) mass is 381 g/mol. The van der Waals surface area contributed by atoms with E-state index in [0.29, 0.717) is 16.1 Å². The molecular weight excluding hydrogens is 358 g/mol. The van der Waals surface area contributed by atoms with Crippen molar-refractivity contribution in [3.63, 3.8) is 0 Å². The average molecular weight is 382 g/mol. The van der Waals surface area contributed by atoms with E-state index in [2.05, 4.69) is 10.3 Å². The smallest absolute Gasteiger partial charge is 0.263 e. The number of carbonyl (C=O) groups is 1. The SMILES string of the molecule is Cc1nc(C(C)(C)C)sc1C(=O)NC(C)c1cccc(S(N)(=O)=O)c1. The fourth-order valence-electron chi connectivity index (χ4n) is 2.23. The highest BCUT2D eigenvalue weighted by atomic mass is 32.2. The van der Waals surface area contributed by atoms with E-state index in [4.69, 9.17) is 5.14 Å². The van der Waals surface area contributed by atoms with Gasteiger partial charge in [0.25, 0.3) is 5.91 Å². The Hall–Kier alpha value is -1.77. The number of nitrogens with two attached hydrogens (primary N) is 1. The standard InChI is InChI=1S/C17H23N3O3S2/c1-10(12-7-6-8-13(9-12)25(18,22)23)19-15(21)14-11(2)20-16(24-14)17(3,4)5/h6-10H,1-5H3,(H,19,21)(H2,18,22,23). The van der Waals surface area contributed by atoms with Crippen LogP contribution in [0.2, 0.25) is 0 Å². The molecule has 2 aromatic rings. The fourth-order valence-corrected chi connectivity index (χ4v) is 3.83. The van der Waals surface area contributed by atoms with Crippen molar-refractivity contribution in [2.24, 2.45) is 5.14 Å². The van der Waals surface area contributed by atoms with Crippen molar-refractivity contribution in [3.8, 4) is 0 Å². The van der Waals surface area contributed by atoms with Gasteiger partial charge in [0.05, 0.1) is 21.6 Å². The largest absolute Gasteiger partial charge is 0.345 e. The lowest BCUT2D eigenvalue weighted by atomic mass is 9.98. The second kappa shape index (κ2) is 6.86. The normalized spacial score (nSPS) is 13.5. The summed E-state index contributed by atoms with van der Waals surface area (Å²) >= 11 is 1.38. The third-order valence-electron chi connectivity index (χ3n) is 3.68. The molecule has 1 unspecified atom stereocenters. The molecule has 0 aliphatic heterocycles. The van der Waals surface area contributed by atoms with Gasteiger partial charge in [0, 0.05) is 5.41 Å². The van der Waals surface area contributed by atoms with Gasteiger partial charge in [0.1, 0.15) is 4.88 Å². The minimum atomic E-state index is -3.78. The molecule has 2 rings (SSSR count). The first-order chi connectivity index (χ1) is 11.4. The van der Waals surface area contributed by atoms with Crippen molar-refractivity contribution in [3.05, 3.63) is 45.4 Å². The summed E-state index contributed by atoms with van der Waals surface area (Å²) in [5.41, 5.74) is 1.24. The number of thiazole rings is 1. The van der Waals surface area contributed by atoms with Crippen molar-refractivity contribution in [2.75, 3.05) is 0 Å². The van der Waals surface area contributed by atoms with Gasteiger partial charge in [0.2, 0.25) is 10.0 Å². The third-order valence-corrected chi connectivity index (χ3v) is 6.17. The molecule has 0 aliphatic rings. The number of benzene rings is 1. The van der Waals surface area contributed by atoms with Crippen molar-refractivity contribution < 1.29 is 13.2 Å². The van der Waals surface area contributed by atoms with Crippen molar-refractivity contribution in [1.82, 2.24) is 10.3 Å². The van der Waals surface area contributed by atoms with Crippen LogP contribution in [0.4, 0.5) is 0 Å². The van der Waals surface area contributed by atoms with Crippen molar-refractivity contribution >= 4 is 27.3 Å². The number of aromatic nitrogens is 1. The number of rotatable bonds is 4. The van der Waals surface area contributed by atoms with E-state index in [9.17, 15) is 13.2 Å². The van der Waals surface area contributed by atoms with Gasteiger partial charge in [0.15, 0.2) is 0 Å². The lowest BCUT2D eigenvalue weighted by molar-refractivity contribution is 0.0943.